The fourth-order valence-electron chi connectivity index (χ4n) is 2.43. The molecule has 2 unspecified atom stereocenters. The van der Waals surface area contributed by atoms with E-state index in [9.17, 15) is 0 Å². The summed E-state index contributed by atoms with van der Waals surface area (Å²) in [6, 6.07) is 4.26. The molecule has 2 atom stereocenters. The zero-order chi connectivity index (χ0) is 12.5. The highest BCUT2D eigenvalue weighted by Crippen LogP contribution is 2.31. The van der Waals surface area contributed by atoms with Gasteiger partial charge in [-0.25, -0.2) is 4.98 Å². The highest BCUT2D eigenvalue weighted by atomic mass is 35.5. The largest absolute Gasteiger partial charge is 0.290 e. The summed E-state index contributed by atoms with van der Waals surface area (Å²) in [5.74, 6) is 0.334. The van der Waals surface area contributed by atoms with Crippen LogP contribution < -0.4 is 0 Å². The third kappa shape index (κ3) is 1.85. The van der Waals surface area contributed by atoms with E-state index in [4.69, 9.17) is 11.6 Å². The molecule has 0 fully saturated rings. The van der Waals surface area contributed by atoms with Crippen LogP contribution in [0.15, 0.2) is 41.7 Å². The van der Waals surface area contributed by atoms with Crippen molar-refractivity contribution in [2.45, 2.75) is 13.0 Å². The first-order valence-electron chi connectivity index (χ1n) is 6.11. The summed E-state index contributed by atoms with van der Waals surface area (Å²) < 4.78 is 0. The van der Waals surface area contributed by atoms with Crippen molar-refractivity contribution in [1.82, 2.24) is 9.99 Å². The lowest BCUT2D eigenvalue weighted by Gasteiger charge is -2.25. The first-order chi connectivity index (χ1) is 8.79. The van der Waals surface area contributed by atoms with Gasteiger partial charge in [0.25, 0.3) is 0 Å². The predicted molar refractivity (Wildman–Crippen MR) is 74.5 cm³/mol. The molecule has 0 aromatic carbocycles. The first-order valence-corrected chi connectivity index (χ1v) is 6.49. The fraction of sp³-hybridized carbons (Fsp3) is 0.286. The molecule has 18 heavy (non-hydrogen) atoms. The van der Waals surface area contributed by atoms with Crippen LogP contribution in [0.3, 0.4) is 0 Å². The van der Waals surface area contributed by atoms with Crippen LogP contribution in [0.25, 0.3) is 5.57 Å². The van der Waals surface area contributed by atoms with Crippen molar-refractivity contribution >= 4 is 23.4 Å². The van der Waals surface area contributed by atoms with Gasteiger partial charge in [0.15, 0.2) is 0 Å². The van der Waals surface area contributed by atoms with Crippen LogP contribution in [0, 0.1) is 5.92 Å². The maximum atomic E-state index is 6.13. The van der Waals surface area contributed by atoms with E-state index in [0.29, 0.717) is 17.1 Å². The number of likely N-dealkylation sites (N-methyl/N-ethyl adjacent to an activating group) is 1. The van der Waals surface area contributed by atoms with E-state index >= 15 is 0 Å². The number of hydrogen-bond acceptors (Lipinski definition) is 3. The van der Waals surface area contributed by atoms with Gasteiger partial charge >= 0.3 is 0 Å². The SMILES string of the molecule is CCN1N=CC2C=C(c3cccnc3Cl)C=CC21. The van der Waals surface area contributed by atoms with Crippen molar-refractivity contribution in [3.05, 3.63) is 47.3 Å². The minimum absolute atomic E-state index is 0.334. The Hall–Kier alpha value is -1.61. The molecule has 3 rings (SSSR count). The van der Waals surface area contributed by atoms with Gasteiger partial charge in [-0.2, -0.15) is 5.10 Å². The lowest BCUT2D eigenvalue weighted by Crippen LogP contribution is -2.30. The van der Waals surface area contributed by atoms with Gasteiger partial charge < -0.3 is 0 Å². The Morgan fingerprint density at radius 2 is 2.33 bits per heavy atom. The summed E-state index contributed by atoms with van der Waals surface area (Å²) in [7, 11) is 0. The second-order valence-corrected chi connectivity index (χ2v) is 4.77. The highest BCUT2D eigenvalue weighted by Gasteiger charge is 2.29. The van der Waals surface area contributed by atoms with Crippen molar-refractivity contribution in [2.24, 2.45) is 11.0 Å². The second kappa shape index (κ2) is 4.58. The van der Waals surface area contributed by atoms with Gasteiger partial charge in [0.2, 0.25) is 0 Å². The molecule has 2 aliphatic rings. The molecule has 0 bridgehead atoms. The molecule has 3 nitrogen and oxygen atoms in total. The molecular formula is C14H14ClN3. The Morgan fingerprint density at radius 1 is 1.44 bits per heavy atom. The number of aromatic nitrogens is 1. The van der Waals surface area contributed by atoms with Crippen molar-refractivity contribution < 1.29 is 0 Å². The van der Waals surface area contributed by atoms with Crippen molar-refractivity contribution in [3.63, 3.8) is 0 Å². The molecule has 2 heterocycles. The van der Waals surface area contributed by atoms with Crippen molar-refractivity contribution in [2.75, 3.05) is 6.54 Å². The lowest BCUT2D eigenvalue weighted by molar-refractivity contribution is 0.263. The van der Waals surface area contributed by atoms with Crippen LogP contribution >= 0.6 is 11.6 Å². The van der Waals surface area contributed by atoms with Crippen LogP contribution in [0.2, 0.25) is 5.15 Å². The Morgan fingerprint density at radius 3 is 3.11 bits per heavy atom. The van der Waals surface area contributed by atoms with E-state index in [-0.39, 0.29) is 0 Å². The maximum Gasteiger partial charge on any atom is 0.136 e. The standard InChI is InChI=1S/C14H14ClN3/c1-2-18-13-6-5-10(8-11(13)9-17-18)12-4-3-7-16-14(12)15/h3-9,11,13H,2H2,1H3. The molecular weight excluding hydrogens is 246 g/mol. The smallest absolute Gasteiger partial charge is 0.136 e. The van der Waals surface area contributed by atoms with Gasteiger partial charge in [0.05, 0.1) is 6.04 Å². The Labute approximate surface area is 111 Å². The number of allylic oxidation sites excluding steroid dienone is 2. The summed E-state index contributed by atoms with van der Waals surface area (Å²) in [6.45, 7) is 3.05. The number of pyridine rings is 1. The van der Waals surface area contributed by atoms with Gasteiger partial charge in [-0.05, 0) is 24.6 Å². The topological polar surface area (TPSA) is 28.5 Å². The zero-order valence-electron chi connectivity index (χ0n) is 10.1. The summed E-state index contributed by atoms with van der Waals surface area (Å²) in [6.07, 6.45) is 10.2. The molecule has 1 aliphatic carbocycles. The maximum absolute atomic E-state index is 6.13. The summed E-state index contributed by atoms with van der Waals surface area (Å²) in [5.41, 5.74) is 2.11. The average Bonchev–Trinajstić information content (AvgIpc) is 2.81. The normalized spacial score (nSPS) is 25.2. The van der Waals surface area contributed by atoms with Gasteiger partial charge in [-0.15, -0.1) is 0 Å². The zero-order valence-corrected chi connectivity index (χ0v) is 10.9. The van der Waals surface area contributed by atoms with E-state index < -0.39 is 0 Å². The van der Waals surface area contributed by atoms with Crippen molar-refractivity contribution in [3.8, 4) is 0 Å². The third-order valence-corrected chi connectivity index (χ3v) is 3.67. The molecule has 0 radical (unpaired) electrons. The number of hydrazone groups is 1. The molecule has 0 N–H and O–H groups in total. The minimum atomic E-state index is 0.334. The Balaban J connectivity index is 1.92. The molecule has 92 valence electrons. The first kappa shape index (κ1) is 11.5. The second-order valence-electron chi connectivity index (χ2n) is 4.41. The fourth-order valence-corrected chi connectivity index (χ4v) is 2.66. The average molecular weight is 260 g/mol. The summed E-state index contributed by atoms with van der Waals surface area (Å²) in [4.78, 5) is 4.12. The molecule has 0 saturated carbocycles. The predicted octanol–water partition coefficient (Wildman–Crippen LogP) is 2.99. The van der Waals surface area contributed by atoms with Gasteiger partial charge in [-0.3, -0.25) is 5.01 Å². The molecule has 4 heteroatoms. The number of hydrogen-bond donors (Lipinski definition) is 0. The van der Waals surface area contributed by atoms with E-state index in [1.54, 1.807) is 6.20 Å². The van der Waals surface area contributed by atoms with Crippen LogP contribution in [0.4, 0.5) is 0 Å². The van der Waals surface area contributed by atoms with Gasteiger partial charge in [0, 0.05) is 30.4 Å². The molecule has 1 aliphatic heterocycles. The van der Waals surface area contributed by atoms with Crippen LogP contribution in [-0.2, 0) is 0 Å². The molecule has 0 spiro atoms. The lowest BCUT2D eigenvalue weighted by atomic mass is 9.90. The van der Waals surface area contributed by atoms with Crippen LogP contribution in [0.5, 0.6) is 0 Å². The Bertz CT molecular complexity index is 548. The van der Waals surface area contributed by atoms with E-state index in [1.807, 2.05) is 18.3 Å². The molecule has 0 amide bonds. The van der Waals surface area contributed by atoms with Gasteiger partial charge in [-0.1, -0.05) is 29.8 Å². The van der Waals surface area contributed by atoms with Crippen LogP contribution in [-0.4, -0.2) is 28.8 Å². The number of fused-ring (bicyclic) bond motifs is 1. The minimum Gasteiger partial charge on any atom is -0.290 e. The van der Waals surface area contributed by atoms with E-state index in [2.05, 4.69) is 40.2 Å². The van der Waals surface area contributed by atoms with Crippen molar-refractivity contribution in [1.29, 1.82) is 0 Å². The number of rotatable bonds is 2. The highest BCUT2D eigenvalue weighted by molar-refractivity contribution is 6.31. The van der Waals surface area contributed by atoms with E-state index in [1.165, 1.54) is 0 Å². The Kier molecular flexibility index (Phi) is 2.92. The quantitative estimate of drug-likeness (QED) is 0.764. The van der Waals surface area contributed by atoms with Crippen LogP contribution in [0.1, 0.15) is 12.5 Å². The number of nitrogens with zero attached hydrogens (tertiary/aromatic N) is 3. The molecule has 0 saturated heterocycles. The van der Waals surface area contributed by atoms with Gasteiger partial charge in [0.1, 0.15) is 5.15 Å². The monoisotopic (exact) mass is 259 g/mol. The third-order valence-electron chi connectivity index (χ3n) is 3.36. The van der Waals surface area contributed by atoms with E-state index in [0.717, 1.165) is 17.7 Å². The molecule has 1 aromatic rings. The summed E-state index contributed by atoms with van der Waals surface area (Å²) >= 11 is 6.13. The number of halogens is 1. The summed E-state index contributed by atoms with van der Waals surface area (Å²) in [5, 5.41) is 7.06. The molecule has 1 aromatic heterocycles.